The first-order valence-electron chi connectivity index (χ1n) is 17.9. The Labute approximate surface area is 301 Å². The number of piperidine rings is 1. The van der Waals surface area contributed by atoms with E-state index in [4.69, 9.17) is 9.84 Å². The third-order valence-corrected chi connectivity index (χ3v) is 10.0. The summed E-state index contributed by atoms with van der Waals surface area (Å²) in [6.07, 6.45) is 7.72. The Morgan fingerprint density at radius 3 is 2.44 bits per heavy atom. The number of aromatic nitrogens is 6. The van der Waals surface area contributed by atoms with E-state index < -0.39 is 18.0 Å². The van der Waals surface area contributed by atoms with Crippen molar-refractivity contribution in [1.29, 1.82) is 0 Å². The molecule has 7 rings (SSSR count). The summed E-state index contributed by atoms with van der Waals surface area (Å²) in [6, 6.07) is 3.51. The van der Waals surface area contributed by atoms with E-state index in [0.717, 1.165) is 67.1 Å². The van der Waals surface area contributed by atoms with Crippen LogP contribution >= 0.6 is 0 Å². The normalized spacial score (nSPS) is 16.9. The van der Waals surface area contributed by atoms with Gasteiger partial charge in [-0.25, -0.2) is 28.3 Å². The summed E-state index contributed by atoms with van der Waals surface area (Å²) < 4.78 is 38.5. The molecule has 15 heteroatoms. The highest BCUT2D eigenvalue weighted by atomic mass is 19.3. The Morgan fingerprint density at radius 1 is 1.04 bits per heavy atom. The molecule has 3 aliphatic heterocycles. The molecule has 0 aliphatic carbocycles. The van der Waals surface area contributed by atoms with Crippen LogP contribution in [0.15, 0.2) is 36.9 Å². The van der Waals surface area contributed by atoms with Gasteiger partial charge in [-0.05, 0) is 69.7 Å². The number of carbonyl (C=O) groups is 2. The highest BCUT2D eigenvalue weighted by Crippen LogP contribution is 2.43. The number of nitrogens with zero attached hydrogens (tertiary/aromatic N) is 9. The van der Waals surface area contributed by atoms with Gasteiger partial charge in [0, 0.05) is 93.4 Å². The number of amides is 2. The van der Waals surface area contributed by atoms with Gasteiger partial charge < -0.3 is 19.9 Å². The molecule has 1 fully saturated rings. The Hall–Kier alpha value is -4.92. The number of anilines is 2. The number of benzene rings is 1. The molecular weight excluding hydrogens is 670 g/mol. The van der Waals surface area contributed by atoms with Gasteiger partial charge in [-0.1, -0.05) is 0 Å². The van der Waals surface area contributed by atoms with Crippen molar-refractivity contribution in [3.8, 4) is 11.1 Å². The smallest absolute Gasteiger partial charge is 0.341 e. The number of aryl methyl sites for hydroxylation is 2. The van der Waals surface area contributed by atoms with Crippen LogP contribution in [-0.2, 0) is 37.7 Å². The summed E-state index contributed by atoms with van der Waals surface area (Å²) in [5.41, 5.74) is 4.66. The zero-order valence-corrected chi connectivity index (χ0v) is 30.4. The number of esters is 1. The lowest BCUT2D eigenvalue weighted by atomic mass is 9.92. The van der Waals surface area contributed by atoms with Crippen LogP contribution in [-0.4, -0.2) is 90.2 Å². The van der Waals surface area contributed by atoms with E-state index in [2.05, 4.69) is 34.9 Å². The molecule has 2 amide bonds. The first-order chi connectivity index (χ1) is 24.9. The predicted molar refractivity (Wildman–Crippen MR) is 190 cm³/mol. The lowest BCUT2D eigenvalue weighted by Crippen LogP contribution is -2.42. The molecule has 0 atom stereocenters. The maximum absolute atomic E-state index is 14.6. The van der Waals surface area contributed by atoms with Gasteiger partial charge in [0.1, 0.15) is 11.4 Å². The number of alkyl halides is 2. The maximum atomic E-state index is 14.6. The number of hydrogen-bond acceptors (Lipinski definition) is 9. The summed E-state index contributed by atoms with van der Waals surface area (Å²) >= 11 is 0. The van der Waals surface area contributed by atoms with E-state index in [9.17, 15) is 18.4 Å². The summed E-state index contributed by atoms with van der Waals surface area (Å²) in [5.74, 6) is 0.925. The van der Waals surface area contributed by atoms with Gasteiger partial charge >= 0.3 is 12.0 Å². The number of rotatable bonds is 7. The third kappa shape index (κ3) is 7.23. The second kappa shape index (κ2) is 14.2. The Kier molecular flexibility index (Phi) is 9.72. The standard InChI is InChI=1S/C37H46F2N10O3/c1-37(2,3)52-35(50)24-17-41-32(42-18-24)22-46-12-8-26(9-13-46)49-30-10-14-47(36(51)40-4)21-29(30)34(44-49)48-11-6-7-23-15-27(25-19-43-45(5)20-25)28(33(38)39)16-31(23)48/h15-20,26,33H,6-14,21-22H2,1-5H3,(H,40,51). The summed E-state index contributed by atoms with van der Waals surface area (Å²) in [7, 11) is 3.40. The lowest BCUT2D eigenvalue weighted by Gasteiger charge is -2.34. The second-order valence-corrected chi connectivity index (χ2v) is 14.8. The number of fused-ring (bicyclic) bond motifs is 2. The molecular formula is C37H46F2N10O3. The van der Waals surface area contributed by atoms with Gasteiger partial charge in [0.15, 0.2) is 5.82 Å². The molecule has 4 aromatic rings. The quantitative estimate of drug-likeness (QED) is 0.244. The predicted octanol–water partition coefficient (Wildman–Crippen LogP) is 5.59. The third-order valence-electron chi connectivity index (χ3n) is 10.0. The molecule has 6 heterocycles. The molecule has 1 N–H and O–H groups in total. The lowest BCUT2D eigenvalue weighted by molar-refractivity contribution is 0.00683. The molecule has 0 radical (unpaired) electrons. The number of carbonyl (C=O) groups excluding carboxylic acids is 2. The van der Waals surface area contributed by atoms with Gasteiger partial charge in [-0.3, -0.25) is 14.3 Å². The molecule has 0 saturated carbocycles. The van der Waals surface area contributed by atoms with Gasteiger partial charge in [-0.2, -0.15) is 10.2 Å². The summed E-state index contributed by atoms with van der Waals surface area (Å²) in [4.78, 5) is 40.2. The van der Waals surface area contributed by atoms with Crippen LogP contribution < -0.4 is 10.2 Å². The SMILES string of the molecule is CNC(=O)N1CCc2c(c(N3CCCc4cc(-c5cnn(C)c5)c(C(F)F)cc43)nn2C2CCN(Cc3ncc(C(=O)OC(C)(C)C)cn3)CC2)C1. The van der Waals surface area contributed by atoms with Crippen molar-refractivity contribution < 1.29 is 23.1 Å². The zero-order valence-electron chi connectivity index (χ0n) is 30.4. The van der Waals surface area contributed by atoms with E-state index in [-0.39, 0.29) is 17.6 Å². The van der Waals surface area contributed by atoms with Crippen molar-refractivity contribution in [2.45, 2.75) is 84.0 Å². The maximum Gasteiger partial charge on any atom is 0.341 e. The fraction of sp³-hybridized carbons (Fsp3) is 0.514. The molecule has 0 spiro atoms. The average Bonchev–Trinajstić information content (AvgIpc) is 3.73. The van der Waals surface area contributed by atoms with Crippen LogP contribution in [0.25, 0.3) is 11.1 Å². The van der Waals surface area contributed by atoms with Crippen molar-refractivity contribution in [3.05, 3.63) is 70.7 Å². The average molecular weight is 717 g/mol. The summed E-state index contributed by atoms with van der Waals surface area (Å²) in [6.45, 7) is 9.21. The fourth-order valence-corrected chi connectivity index (χ4v) is 7.54. The van der Waals surface area contributed by atoms with E-state index in [1.807, 2.05) is 26.8 Å². The van der Waals surface area contributed by atoms with Gasteiger partial charge in [0.2, 0.25) is 0 Å². The van der Waals surface area contributed by atoms with Crippen molar-refractivity contribution in [3.63, 3.8) is 0 Å². The van der Waals surface area contributed by atoms with Crippen molar-refractivity contribution in [2.24, 2.45) is 7.05 Å². The molecule has 0 unspecified atom stereocenters. The van der Waals surface area contributed by atoms with Crippen LogP contribution in [0.1, 0.15) is 91.1 Å². The van der Waals surface area contributed by atoms with Crippen LogP contribution in [0.4, 0.5) is 25.1 Å². The van der Waals surface area contributed by atoms with Crippen LogP contribution in [0.2, 0.25) is 0 Å². The molecule has 52 heavy (non-hydrogen) atoms. The minimum absolute atomic E-state index is 0.0326. The molecule has 3 aliphatic rings. The van der Waals surface area contributed by atoms with Crippen molar-refractivity contribution in [2.75, 3.05) is 38.1 Å². The Bertz CT molecular complexity index is 1940. The second-order valence-electron chi connectivity index (χ2n) is 14.8. The number of urea groups is 1. The number of nitrogens with one attached hydrogen (secondary N) is 1. The highest BCUT2D eigenvalue weighted by Gasteiger charge is 2.35. The van der Waals surface area contributed by atoms with E-state index in [1.165, 1.54) is 12.4 Å². The molecule has 13 nitrogen and oxygen atoms in total. The number of halogens is 2. The van der Waals surface area contributed by atoms with Gasteiger partial charge in [-0.15, -0.1) is 0 Å². The van der Waals surface area contributed by atoms with Gasteiger partial charge in [0.05, 0.1) is 30.9 Å². The van der Waals surface area contributed by atoms with E-state index >= 15 is 0 Å². The number of likely N-dealkylation sites (tertiary alicyclic amines) is 1. The molecule has 1 saturated heterocycles. The minimum Gasteiger partial charge on any atom is -0.456 e. The topological polar surface area (TPSA) is 127 Å². The van der Waals surface area contributed by atoms with Crippen LogP contribution in [0.3, 0.4) is 0 Å². The fourth-order valence-electron chi connectivity index (χ4n) is 7.54. The Morgan fingerprint density at radius 2 is 1.79 bits per heavy atom. The number of hydrogen-bond donors (Lipinski definition) is 1. The zero-order chi connectivity index (χ0) is 36.7. The first kappa shape index (κ1) is 35.5. The van der Waals surface area contributed by atoms with Crippen molar-refractivity contribution >= 4 is 23.5 Å². The van der Waals surface area contributed by atoms with Crippen LogP contribution in [0, 0.1) is 0 Å². The Balaban J connectivity index is 1.14. The molecule has 3 aromatic heterocycles. The minimum atomic E-state index is -2.67. The first-order valence-corrected chi connectivity index (χ1v) is 17.9. The molecule has 0 bridgehead atoms. The largest absolute Gasteiger partial charge is 0.456 e. The van der Waals surface area contributed by atoms with Gasteiger partial charge in [0.25, 0.3) is 6.43 Å². The number of ether oxygens (including phenoxy) is 1. The van der Waals surface area contributed by atoms with Crippen LogP contribution in [0.5, 0.6) is 0 Å². The van der Waals surface area contributed by atoms with E-state index in [0.29, 0.717) is 55.1 Å². The monoisotopic (exact) mass is 716 g/mol. The summed E-state index contributed by atoms with van der Waals surface area (Å²) in [5, 5.41) is 12.2. The highest BCUT2D eigenvalue weighted by molar-refractivity contribution is 5.89. The van der Waals surface area contributed by atoms with Crippen molar-refractivity contribution in [1.82, 2.24) is 44.6 Å². The molecule has 1 aromatic carbocycles. The molecule has 276 valence electrons. The van der Waals surface area contributed by atoms with E-state index in [1.54, 1.807) is 42.1 Å².